The van der Waals surface area contributed by atoms with Gasteiger partial charge in [-0.1, -0.05) is 64.1 Å². The highest BCUT2D eigenvalue weighted by Crippen LogP contribution is 2.33. The van der Waals surface area contributed by atoms with Crippen molar-refractivity contribution >= 4 is 0 Å². The summed E-state index contributed by atoms with van der Waals surface area (Å²) in [5.41, 5.74) is 6.41. The predicted molar refractivity (Wildman–Crippen MR) is 115 cm³/mol. The van der Waals surface area contributed by atoms with Crippen LogP contribution in [0, 0.1) is 20.7 Å². The molecular weight excluding hydrogens is 328 g/mol. The third-order valence-electron chi connectivity index (χ3n) is 4.95. The van der Waals surface area contributed by atoms with Gasteiger partial charge in [0.05, 0.1) is 23.3 Å². The molecule has 0 spiro atoms. The second-order valence-corrected chi connectivity index (χ2v) is 7.46. The fraction of sp³-hybridized carbons (Fsp3) is 0.360. The van der Waals surface area contributed by atoms with Crippen molar-refractivity contribution < 1.29 is 6.85 Å². The molecule has 2 nitrogen and oxygen atoms in total. The zero-order valence-corrected chi connectivity index (χ0v) is 16.9. The Kier molecular flexibility index (Phi) is 3.86. The molecule has 2 aromatic carbocycles. The van der Waals surface area contributed by atoms with Crippen molar-refractivity contribution in [3.8, 4) is 22.4 Å². The monoisotopic (exact) mass is 363 g/mol. The van der Waals surface area contributed by atoms with Crippen molar-refractivity contribution in [2.75, 3.05) is 0 Å². The molecule has 1 aromatic heterocycles. The van der Waals surface area contributed by atoms with E-state index < -0.39 is 18.6 Å². The Hall–Kier alpha value is -2.48. The Morgan fingerprint density at radius 3 is 1.89 bits per heavy atom. The Balaban J connectivity index is 2.09. The van der Waals surface area contributed by atoms with E-state index in [1.165, 1.54) is 0 Å². The molecule has 0 aliphatic rings. The zero-order chi connectivity index (χ0) is 24.1. The summed E-state index contributed by atoms with van der Waals surface area (Å²) in [7, 11) is 0. The van der Waals surface area contributed by atoms with Gasteiger partial charge in [0.1, 0.15) is 0 Å². The van der Waals surface area contributed by atoms with Crippen LogP contribution in [0.15, 0.2) is 42.6 Å². The molecule has 2 heteroatoms. The summed E-state index contributed by atoms with van der Waals surface area (Å²) >= 11 is 0. The van der Waals surface area contributed by atoms with Crippen molar-refractivity contribution in [2.45, 2.75) is 60.2 Å². The normalized spacial score (nSPS) is 15.4. The fourth-order valence-corrected chi connectivity index (χ4v) is 3.34. The Labute approximate surface area is 170 Å². The third-order valence-corrected chi connectivity index (χ3v) is 4.95. The molecule has 0 bridgehead atoms. The number of hydrogen-bond donors (Lipinski definition) is 0. The molecule has 1 heterocycles. The van der Waals surface area contributed by atoms with Crippen LogP contribution >= 0.6 is 0 Å². The highest BCUT2D eigenvalue weighted by molar-refractivity contribution is 5.70. The van der Waals surface area contributed by atoms with Gasteiger partial charge < -0.3 is 0 Å². The molecule has 0 saturated carbocycles. The molecule has 140 valence electrons. The first-order valence-electron chi connectivity index (χ1n) is 11.7. The molecule has 0 atom stereocenters. The van der Waals surface area contributed by atoms with E-state index in [1.807, 2.05) is 71.0 Å². The maximum Gasteiger partial charge on any atom is 0.0888 e. The molecular formula is C25H30N2. The Bertz CT molecular complexity index is 1100. The summed E-state index contributed by atoms with van der Waals surface area (Å²) in [5.74, 6) is -1.58. The van der Waals surface area contributed by atoms with Gasteiger partial charge >= 0.3 is 0 Å². The van der Waals surface area contributed by atoms with Crippen LogP contribution in [0.1, 0.15) is 74.4 Å². The fourth-order valence-electron chi connectivity index (χ4n) is 3.34. The number of hydrogen-bond acceptors (Lipinski definition) is 2. The molecule has 0 amide bonds. The van der Waals surface area contributed by atoms with Crippen LogP contribution in [0.4, 0.5) is 0 Å². The van der Waals surface area contributed by atoms with Gasteiger partial charge in [-0.05, 0) is 60.3 Å². The van der Waals surface area contributed by atoms with Crippen molar-refractivity contribution in [2.24, 2.45) is 0 Å². The second-order valence-electron chi connectivity index (χ2n) is 7.46. The van der Waals surface area contributed by atoms with Gasteiger partial charge in [0, 0.05) is 12.4 Å². The third kappa shape index (κ3) is 3.95. The van der Waals surface area contributed by atoms with Crippen molar-refractivity contribution in [1.29, 1.82) is 0 Å². The smallest absolute Gasteiger partial charge is 0.0888 e. The van der Waals surface area contributed by atoms with E-state index in [1.54, 1.807) is 13.1 Å². The van der Waals surface area contributed by atoms with E-state index in [9.17, 15) is 0 Å². The Morgan fingerprint density at radius 2 is 1.37 bits per heavy atom. The lowest BCUT2D eigenvalue weighted by atomic mass is 9.86. The first-order chi connectivity index (χ1) is 14.6. The summed E-state index contributed by atoms with van der Waals surface area (Å²) in [6.07, 6.45) is 1.59. The highest BCUT2D eigenvalue weighted by atomic mass is 14.8. The molecule has 0 saturated heterocycles. The van der Waals surface area contributed by atoms with Crippen molar-refractivity contribution in [3.05, 3.63) is 70.7 Å². The summed E-state index contributed by atoms with van der Waals surface area (Å²) in [6.45, 7) is 8.78. The van der Waals surface area contributed by atoms with Gasteiger partial charge in [-0.25, -0.2) is 4.98 Å². The van der Waals surface area contributed by atoms with Crippen LogP contribution in [0.3, 0.4) is 0 Å². The number of aromatic nitrogens is 2. The van der Waals surface area contributed by atoms with E-state index in [2.05, 4.69) is 9.97 Å². The SMILES string of the molecule is [2H]C([2H])([2H])c1nc(-c2ccc(-c3cc(C([2H])(C)C)c(C)c(C([2H])(C)C)c3)cc2)cnc1C. The van der Waals surface area contributed by atoms with Gasteiger partial charge in [0.25, 0.3) is 0 Å². The van der Waals surface area contributed by atoms with Crippen LogP contribution in [-0.4, -0.2) is 9.97 Å². The maximum absolute atomic E-state index is 8.59. The minimum absolute atomic E-state index is 0.0160. The topological polar surface area (TPSA) is 25.8 Å². The summed E-state index contributed by atoms with van der Waals surface area (Å²) in [4.78, 5) is 8.57. The minimum atomic E-state index is -2.31. The molecule has 0 N–H and O–H groups in total. The summed E-state index contributed by atoms with van der Waals surface area (Å²) in [6, 6.07) is 11.8. The molecule has 3 rings (SSSR count). The zero-order valence-electron chi connectivity index (χ0n) is 21.9. The van der Waals surface area contributed by atoms with E-state index in [0.717, 1.165) is 33.4 Å². The molecule has 0 radical (unpaired) electrons. The van der Waals surface area contributed by atoms with E-state index in [4.69, 9.17) is 6.85 Å². The predicted octanol–water partition coefficient (Wildman–Crippen LogP) is 6.98. The summed E-state index contributed by atoms with van der Waals surface area (Å²) < 4.78 is 40.2. The van der Waals surface area contributed by atoms with Crippen LogP contribution in [0.25, 0.3) is 22.4 Å². The highest BCUT2D eigenvalue weighted by Gasteiger charge is 2.13. The number of benzene rings is 2. The van der Waals surface area contributed by atoms with Crippen molar-refractivity contribution in [1.82, 2.24) is 9.97 Å². The molecule has 27 heavy (non-hydrogen) atoms. The average molecular weight is 364 g/mol. The Morgan fingerprint density at radius 1 is 0.815 bits per heavy atom. The van der Waals surface area contributed by atoms with Gasteiger partial charge in [-0.2, -0.15) is 0 Å². The number of nitrogens with zero attached hydrogens (tertiary/aromatic N) is 2. The largest absolute Gasteiger partial charge is 0.257 e. The van der Waals surface area contributed by atoms with Gasteiger partial charge in [-0.15, -0.1) is 0 Å². The van der Waals surface area contributed by atoms with Crippen LogP contribution < -0.4 is 0 Å². The van der Waals surface area contributed by atoms with Crippen LogP contribution in [0.5, 0.6) is 0 Å². The number of aryl methyl sites for hydroxylation is 2. The molecule has 0 unspecified atom stereocenters. The lowest BCUT2D eigenvalue weighted by molar-refractivity contribution is 0.818. The van der Waals surface area contributed by atoms with Crippen molar-refractivity contribution in [3.63, 3.8) is 0 Å². The first kappa shape index (κ1) is 13.7. The summed E-state index contributed by atoms with van der Waals surface area (Å²) in [5, 5.41) is 0. The van der Waals surface area contributed by atoms with E-state index in [-0.39, 0.29) is 5.69 Å². The van der Waals surface area contributed by atoms with Crippen LogP contribution in [0.2, 0.25) is 0 Å². The first-order valence-corrected chi connectivity index (χ1v) is 9.19. The van der Waals surface area contributed by atoms with Gasteiger partial charge in [0.2, 0.25) is 0 Å². The van der Waals surface area contributed by atoms with Gasteiger partial charge in [0.15, 0.2) is 0 Å². The molecule has 0 fully saturated rings. The number of rotatable bonds is 4. The lowest BCUT2D eigenvalue weighted by Crippen LogP contribution is -2.00. The molecule has 0 aliphatic carbocycles. The molecule has 3 aromatic rings. The van der Waals surface area contributed by atoms with Crippen LogP contribution in [-0.2, 0) is 0 Å². The van der Waals surface area contributed by atoms with Gasteiger partial charge in [-0.3, -0.25) is 4.98 Å². The quantitative estimate of drug-likeness (QED) is 0.499. The minimum Gasteiger partial charge on any atom is -0.257 e. The maximum atomic E-state index is 8.59. The lowest BCUT2D eigenvalue weighted by Gasteiger charge is -2.19. The average Bonchev–Trinajstić information content (AvgIpc) is 2.66. The standard InChI is InChI=1S/C25H30N2/c1-15(2)23-12-22(13-24(16(3)4)17(23)5)20-8-10-21(11-9-20)25-14-26-18(6)19(7)27-25/h8-16H,1-7H3/i7D3,15D,16D. The van der Waals surface area contributed by atoms with E-state index >= 15 is 0 Å². The second kappa shape index (κ2) is 7.64. The molecule has 0 aliphatic heterocycles. The van der Waals surface area contributed by atoms with E-state index in [0.29, 0.717) is 11.4 Å².